The molecule has 0 fully saturated rings. The largest absolute Gasteiger partial charge is 0.457 e. The van der Waals surface area contributed by atoms with E-state index in [9.17, 15) is 9.59 Å². The van der Waals surface area contributed by atoms with Crippen LogP contribution in [0.2, 0.25) is 0 Å². The summed E-state index contributed by atoms with van der Waals surface area (Å²) >= 11 is 0. The van der Waals surface area contributed by atoms with E-state index in [0.29, 0.717) is 12.8 Å². The molecule has 0 amide bonds. The maximum Gasteiger partial charge on any atom is 0.311 e. The third-order valence-corrected chi connectivity index (χ3v) is 2.20. The van der Waals surface area contributed by atoms with Crippen molar-refractivity contribution in [1.82, 2.24) is 0 Å². The Morgan fingerprint density at radius 1 is 1.23 bits per heavy atom. The van der Waals surface area contributed by atoms with E-state index >= 15 is 0 Å². The normalized spacial score (nSPS) is 11.1. The average Bonchev–Trinajstić information content (AvgIpc) is 2.13. The van der Waals surface area contributed by atoms with E-state index in [-0.39, 0.29) is 18.4 Å². The van der Waals surface area contributed by atoms with Crippen LogP contribution in [0.15, 0.2) is 0 Å². The first-order chi connectivity index (χ1) is 5.94. The van der Waals surface area contributed by atoms with Gasteiger partial charge >= 0.3 is 5.97 Å². The van der Waals surface area contributed by atoms with Crippen LogP contribution in [0.25, 0.3) is 0 Å². The first-order valence-corrected chi connectivity index (χ1v) is 4.63. The van der Waals surface area contributed by atoms with Crippen LogP contribution < -0.4 is 0 Å². The van der Waals surface area contributed by atoms with Crippen LogP contribution in [0.4, 0.5) is 0 Å². The molecule has 0 saturated carbocycles. The number of hydrogen-bond acceptors (Lipinski definition) is 3. The Kier molecular flexibility index (Phi) is 4.67. The quantitative estimate of drug-likeness (QED) is 0.616. The maximum atomic E-state index is 11.3. The highest BCUT2D eigenvalue weighted by Crippen LogP contribution is 2.21. The smallest absolute Gasteiger partial charge is 0.311 e. The lowest BCUT2D eigenvalue weighted by molar-refractivity contribution is -0.157. The second kappa shape index (κ2) is 5.00. The molecule has 0 spiro atoms. The Hall–Kier alpha value is -0.860. The number of ether oxygens (including phenoxy) is 1. The van der Waals surface area contributed by atoms with Gasteiger partial charge in [0.25, 0.3) is 0 Å². The molecule has 76 valence electrons. The van der Waals surface area contributed by atoms with Gasteiger partial charge in [0.15, 0.2) is 5.78 Å². The molecule has 3 heteroatoms. The first kappa shape index (κ1) is 12.1. The van der Waals surface area contributed by atoms with Crippen LogP contribution in [0, 0.1) is 5.41 Å². The van der Waals surface area contributed by atoms with E-state index in [1.165, 1.54) is 0 Å². The number of Topliss-reactive ketones (excluding diaryl/α,β-unsaturated/α-hetero) is 1. The van der Waals surface area contributed by atoms with Crippen LogP contribution >= 0.6 is 0 Å². The lowest BCUT2D eigenvalue weighted by Gasteiger charge is -2.19. The van der Waals surface area contributed by atoms with Gasteiger partial charge in [0.2, 0.25) is 0 Å². The Bertz CT molecular complexity index is 194. The van der Waals surface area contributed by atoms with Gasteiger partial charge in [0.05, 0.1) is 5.41 Å². The minimum atomic E-state index is -0.478. The summed E-state index contributed by atoms with van der Waals surface area (Å²) < 4.78 is 4.86. The summed E-state index contributed by atoms with van der Waals surface area (Å²) in [5, 5.41) is 0. The van der Waals surface area contributed by atoms with Crippen LogP contribution in [0.1, 0.15) is 40.5 Å². The number of carbonyl (C=O) groups excluding carboxylic acids is 2. The number of carbonyl (C=O) groups is 2. The fraction of sp³-hybridized carbons (Fsp3) is 0.800. The molecule has 0 aromatic carbocycles. The van der Waals surface area contributed by atoms with Crippen molar-refractivity contribution in [2.24, 2.45) is 5.41 Å². The molecule has 13 heavy (non-hydrogen) atoms. The number of ketones is 1. The Morgan fingerprint density at radius 3 is 2.15 bits per heavy atom. The summed E-state index contributed by atoms with van der Waals surface area (Å²) in [5.74, 6) is -0.336. The topological polar surface area (TPSA) is 43.4 Å². The van der Waals surface area contributed by atoms with Gasteiger partial charge in [0, 0.05) is 6.42 Å². The Morgan fingerprint density at radius 2 is 1.77 bits per heavy atom. The second-order valence-corrected chi connectivity index (χ2v) is 3.71. The zero-order chi connectivity index (χ0) is 10.5. The lowest BCUT2D eigenvalue weighted by Crippen LogP contribution is -2.27. The van der Waals surface area contributed by atoms with Gasteiger partial charge in [-0.1, -0.05) is 13.8 Å². The summed E-state index contributed by atoms with van der Waals surface area (Å²) in [4.78, 5) is 22.2. The van der Waals surface area contributed by atoms with Gasteiger partial charge in [-0.25, -0.2) is 0 Å². The van der Waals surface area contributed by atoms with Gasteiger partial charge in [-0.05, 0) is 20.3 Å². The monoisotopic (exact) mass is 186 g/mol. The molecule has 0 unspecified atom stereocenters. The van der Waals surface area contributed by atoms with Crippen LogP contribution in [-0.4, -0.2) is 18.4 Å². The molecule has 0 aliphatic rings. The molecule has 0 heterocycles. The van der Waals surface area contributed by atoms with Crippen molar-refractivity contribution in [3.05, 3.63) is 0 Å². The van der Waals surface area contributed by atoms with E-state index in [0.717, 1.165) is 0 Å². The van der Waals surface area contributed by atoms with Gasteiger partial charge in [-0.15, -0.1) is 0 Å². The fourth-order valence-electron chi connectivity index (χ4n) is 0.588. The molecule has 0 radical (unpaired) electrons. The van der Waals surface area contributed by atoms with Crippen molar-refractivity contribution in [2.75, 3.05) is 6.61 Å². The standard InChI is InChI=1S/C10H18O3/c1-5-8(11)7-13-9(12)10(3,4)6-2/h5-7H2,1-4H3. The maximum absolute atomic E-state index is 11.3. The molecular weight excluding hydrogens is 168 g/mol. The molecule has 0 aliphatic carbocycles. The Balaban J connectivity index is 3.95. The van der Waals surface area contributed by atoms with Crippen molar-refractivity contribution in [2.45, 2.75) is 40.5 Å². The molecule has 0 saturated heterocycles. The average molecular weight is 186 g/mol. The van der Waals surface area contributed by atoms with Crippen molar-refractivity contribution >= 4 is 11.8 Å². The van der Waals surface area contributed by atoms with Crippen molar-refractivity contribution in [3.8, 4) is 0 Å². The molecule has 0 aromatic rings. The molecular formula is C10H18O3. The molecule has 0 bridgehead atoms. The van der Waals surface area contributed by atoms with Crippen LogP contribution in [-0.2, 0) is 14.3 Å². The van der Waals surface area contributed by atoms with E-state index in [4.69, 9.17) is 4.74 Å². The minimum Gasteiger partial charge on any atom is -0.457 e. The highest BCUT2D eigenvalue weighted by Gasteiger charge is 2.27. The van der Waals surface area contributed by atoms with E-state index in [2.05, 4.69) is 0 Å². The predicted molar refractivity (Wildman–Crippen MR) is 50.3 cm³/mol. The van der Waals surface area contributed by atoms with Gasteiger partial charge < -0.3 is 4.74 Å². The van der Waals surface area contributed by atoms with E-state index in [1.807, 2.05) is 20.8 Å². The molecule has 0 aliphatic heterocycles. The highest BCUT2D eigenvalue weighted by atomic mass is 16.5. The van der Waals surface area contributed by atoms with Crippen LogP contribution in [0.3, 0.4) is 0 Å². The van der Waals surface area contributed by atoms with Gasteiger partial charge in [-0.2, -0.15) is 0 Å². The fourth-order valence-corrected chi connectivity index (χ4v) is 0.588. The summed E-state index contributed by atoms with van der Waals surface area (Å²) in [6.07, 6.45) is 1.13. The van der Waals surface area contributed by atoms with Gasteiger partial charge in [-0.3, -0.25) is 9.59 Å². The molecule has 0 rings (SSSR count). The SMILES string of the molecule is CCC(=O)COC(=O)C(C)(C)CC. The van der Waals surface area contributed by atoms with Crippen molar-refractivity contribution in [3.63, 3.8) is 0 Å². The lowest BCUT2D eigenvalue weighted by atomic mass is 9.91. The van der Waals surface area contributed by atoms with Crippen molar-refractivity contribution < 1.29 is 14.3 Å². The summed E-state index contributed by atoms with van der Waals surface area (Å²) in [5.41, 5.74) is -0.478. The zero-order valence-corrected chi connectivity index (χ0v) is 8.85. The summed E-state index contributed by atoms with van der Waals surface area (Å²) in [7, 11) is 0. The number of rotatable bonds is 5. The number of hydrogen-bond donors (Lipinski definition) is 0. The molecule has 0 atom stereocenters. The predicted octanol–water partition coefficient (Wildman–Crippen LogP) is 1.94. The number of esters is 1. The summed E-state index contributed by atoms with van der Waals surface area (Å²) in [6.45, 7) is 7.21. The minimum absolute atomic E-state index is 0.0414. The van der Waals surface area contributed by atoms with Crippen molar-refractivity contribution in [1.29, 1.82) is 0 Å². The van der Waals surface area contributed by atoms with E-state index < -0.39 is 5.41 Å². The second-order valence-electron chi connectivity index (χ2n) is 3.71. The highest BCUT2D eigenvalue weighted by molar-refractivity contribution is 5.83. The van der Waals surface area contributed by atoms with Crippen LogP contribution in [0.5, 0.6) is 0 Å². The Labute approximate surface area is 79.5 Å². The molecule has 3 nitrogen and oxygen atoms in total. The third kappa shape index (κ3) is 4.06. The third-order valence-electron chi connectivity index (χ3n) is 2.20. The molecule has 0 aromatic heterocycles. The summed E-state index contributed by atoms with van der Waals surface area (Å²) in [6, 6.07) is 0. The zero-order valence-electron chi connectivity index (χ0n) is 8.85. The first-order valence-electron chi connectivity index (χ1n) is 4.63. The van der Waals surface area contributed by atoms with Gasteiger partial charge in [0.1, 0.15) is 6.61 Å². The molecule has 0 N–H and O–H groups in total. The van der Waals surface area contributed by atoms with E-state index in [1.54, 1.807) is 6.92 Å².